The van der Waals surface area contributed by atoms with Crippen molar-refractivity contribution in [3.8, 4) is 22.8 Å². The van der Waals surface area contributed by atoms with Crippen LogP contribution in [-0.4, -0.2) is 60.7 Å². The zero-order valence-corrected chi connectivity index (χ0v) is 22.0. The number of anilines is 1. The van der Waals surface area contributed by atoms with Gasteiger partial charge in [0.05, 0.1) is 37.3 Å². The Balaban J connectivity index is 1.71. The third-order valence-corrected chi connectivity index (χ3v) is 6.75. The molecule has 1 aliphatic rings. The molecule has 12 heteroatoms. The zero-order valence-electron chi connectivity index (χ0n) is 22.0. The summed E-state index contributed by atoms with van der Waals surface area (Å²) in [6, 6.07) is 10.3. The summed E-state index contributed by atoms with van der Waals surface area (Å²) in [5, 5.41) is 25.4. The van der Waals surface area contributed by atoms with E-state index in [1.54, 1.807) is 0 Å². The monoisotopic (exact) mass is 563 g/mol. The van der Waals surface area contributed by atoms with Crippen LogP contribution in [-0.2, 0) is 11.0 Å². The molecule has 4 N–H and O–H groups in total. The summed E-state index contributed by atoms with van der Waals surface area (Å²) in [7, 11) is 1.32. The van der Waals surface area contributed by atoms with Gasteiger partial charge in [0.2, 0.25) is 5.60 Å². The van der Waals surface area contributed by atoms with Crippen molar-refractivity contribution in [2.24, 2.45) is 0 Å². The number of aromatic nitrogens is 1. The fourth-order valence-corrected chi connectivity index (χ4v) is 4.42. The van der Waals surface area contributed by atoms with Gasteiger partial charge in [-0.2, -0.15) is 13.2 Å². The minimum absolute atomic E-state index is 0.0273. The van der Waals surface area contributed by atoms with E-state index in [0.717, 1.165) is 0 Å². The van der Waals surface area contributed by atoms with Crippen LogP contribution >= 0.6 is 0 Å². The first-order valence-electron chi connectivity index (χ1n) is 12.4. The molecule has 40 heavy (non-hydrogen) atoms. The second-order valence-electron chi connectivity index (χ2n) is 10.0. The fraction of sp³-hybridized carbons (Fsp3) is 0.357. The summed E-state index contributed by atoms with van der Waals surface area (Å²) in [5.74, 6) is -1.07. The van der Waals surface area contributed by atoms with Crippen LogP contribution < -0.4 is 20.1 Å². The molecule has 4 rings (SSSR count). The van der Waals surface area contributed by atoms with Gasteiger partial charge in [-0.3, -0.25) is 4.79 Å². The number of benzene rings is 2. The lowest BCUT2D eigenvalue weighted by Gasteiger charge is -2.31. The van der Waals surface area contributed by atoms with Gasteiger partial charge in [0.25, 0.3) is 5.91 Å². The third kappa shape index (κ3) is 5.54. The van der Waals surface area contributed by atoms with Crippen molar-refractivity contribution in [1.29, 1.82) is 0 Å². The maximum absolute atomic E-state index is 14.5. The summed E-state index contributed by atoms with van der Waals surface area (Å²) in [5.41, 5.74) is -3.45. The number of nitrogens with one attached hydrogen (secondary N) is 2. The molecule has 1 aromatic heterocycles. The number of fused-ring (bicyclic) bond motifs is 1. The third-order valence-electron chi connectivity index (χ3n) is 6.75. The number of nitrogens with zero attached hydrogens (tertiary/aromatic N) is 1. The van der Waals surface area contributed by atoms with E-state index in [4.69, 9.17) is 14.6 Å². The van der Waals surface area contributed by atoms with Crippen molar-refractivity contribution in [2.45, 2.75) is 31.0 Å². The molecule has 0 saturated carbocycles. The number of amides is 1. The number of ether oxygens (including phenoxy) is 2. The molecule has 1 amide bonds. The van der Waals surface area contributed by atoms with E-state index in [1.807, 2.05) is 13.8 Å². The summed E-state index contributed by atoms with van der Waals surface area (Å²) in [6.45, 7) is 2.56. The highest BCUT2D eigenvalue weighted by Gasteiger charge is 2.57. The Labute approximate surface area is 228 Å². The van der Waals surface area contributed by atoms with Gasteiger partial charge in [-0.15, -0.1) is 0 Å². The zero-order chi connectivity index (χ0) is 29.3. The average Bonchev–Trinajstić information content (AvgIpc) is 3.23. The van der Waals surface area contributed by atoms with Gasteiger partial charge in [-0.05, 0) is 54.1 Å². The summed E-state index contributed by atoms with van der Waals surface area (Å²) in [6.07, 6.45) is -5.22. The van der Waals surface area contributed by atoms with Crippen LogP contribution in [0.15, 0.2) is 48.5 Å². The van der Waals surface area contributed by atoms with Crippen molar-refractivity contribution < 1.29 is 42.0 Å². The Kier molecular flexibility index (Phi) is 7.95. The number of aliphatic hydroxyl groups excluding tert-OH is 1. The van der Waals surface area contributed by atoms with Crippen molar-refractivity contribution in [3.63, 3.8) is 0 Å². The normalized spacial score (nSPS) is 15.5. The van der Waals surface area contributed by atoms with E-state index in [0.29, 0.717) is 23.4 Å². The molecule has 1 aliphatic heterocycles. The van der Waals surface area contributed by atoms with Crippen LogP contribution in [0.4, 0.5) is 23.2 Å². The number of methoxy groups -OCH3 is 1. The average molecular weight is 564 g/mol. The standard InChI is InChI=1S/C28H29F4N3O5/c1-26(2)14-33-24-19(26)13-22(35-23(24)16-4-7-18(29)8-5-16)27(38,28(30,31)32)15-34-25(37)17-6-9-20(40-11-10-36)21(12-17)39-3/h4-9,12-13,33,36,38H,10-11,14-15H2,1-3H3,(H,34,37)/t27-/m1/s1. The number of carbonyl (C=O) groups is 1. The number of carbonyl (C=O) groups excluding carboxylic acids is 1. The largest absolute Gasteiger partial charge is 0.493 e. The Bertz CT molecular complexity index is 1400. The lowest BCUT2D eigenvalue weighted by Crippen LogP contribution is -2.51. The summed E-state index contributed by atoms with van der Waals surface area (Å²) < 4.78 is 67.6. The minimum atomic E-state index is -5.22. The molecule has 0 aliphatic carbocycles. The highest BCUT2D eigenvalue weighted by Crippen LogP contribution is 2.46. The second-order valence-corrected chi connectivity index (χ2v) is 10.0. The molecule has 0 fully saturated rings. The second kappa shape index (κ2) is 10.9. The van der Waals surface area contributed by atoms with Crippen molar-refractivity contribution in [3.05, 3.63) is 71.2 Å². The van der Waals surface area contributed by atoms with Crippen LogP contribution in [0.25, 0.3) is 11.3 Å². The molecule has 0 saturated heterocycles. The van der Waals surface area contributed by atoms with Gasteiger partial charge >= 0.3 is 6.18 Å². The molecule has 0 radical (unpaired) electrons. The highest BCUT2D eigenvalue weighted by atomic mass is 19.4. The van der Waals surface area contributed by atoms with E-state index in [2.05, 4.69) is 15.6 Å². The first kappa shape index (κ1) is 29.1. The number of aliphatic hydroxyl groups is 2. The number of hydrogen-bond acceptors (Lipinski definition) is 7. The van der Waals surface area contributed by atoms with Crippen LogP contribution in [0, 0.1) is 5.82 Å². The van der Waals surface area contributed by atoms with Gasteiger partial charge in [-0.1, -0.05) is 13.8 Å². The smallest absolute Gasteiger partial charge is 0.424 e. The van der Waals surface area contributed by atoms with Gasteiger partial charge in [0.15, 0.2) is 11.5 Å². The Hall–Kier alpha value is -3.90. The number of halogens is 4. The first-order valence-corrected chi connectivity index (χ1v) is 12.4. The molecule has 8 nitrogen and oxygen atoms in total. The number of rotatable bonds is 9. The molecular formula is C28H29F4N3O5. The molecule has 0 bridgehead atoms. The van der Waals surface area contributed by atoms with Crippen molar-refractivity contribution >= 4 is 11.6 Å². The fourth-order valence-electron chi connectivity index (χ4n) is 4.42. The predicted molar refractivity (Wildman–Crippen MR) is 139 cm³/mol. The number of pyridine rings is 1. The van der Waals surface area contributed by atoms with E-state index in [-0.39, 0.29) is 36.0 Å². The summed E-state index contributed by atoms with van der Waals surface area (Å²) >= 11 is 0. The Morgan fingerprint density at radius 3 is 2.45 bits per heavy atom. The highest BCUT2D eigenvalue weighted by molar-refractivity contribution is 5.95. The quantitative estimate of drug-likeness (QED) is 0.290. The predicted octanol–water partition coefficient (Wildman–Crippen LogP) is 4.15. The van der Waals surface area contributed by atoms with E-state index < -0.39 is 41.2 Å². The molecule has 2 heterocycles. The molecule has 3 aromatic rings. The number of hydrogen-bond donors (Lipinski definition) is 4. The Morgan fingerprint density at radius 2 is 1.82 bits per heavy atom. The molecule has 0 unspecified atom stereocenters. The molecule has 2 aromatic carbocycles. The van der Waals surface area contributed by atoms with Crippen LogP contribution in [0.3, 0.4) is 0 Å². The van der Waals surface area contributed by atoms with Gasteiger partial charge in [-0.25, -0.2) is 9.37 Å². The maximum Gasteiger partial charge on any atom is 0.424 e. The Morgan fingerprint density at radius 1 is 1.12 bits per heavy atom. The number of alkyl halides is 3. The molecule has 214 valence electrons. The van der Waals surface area contributed by atoms with Crippen LogP contribution in [0.1, 0.15) is 35.5 Å². The van der Waals surface area contributed by atoms with Crippen LogP contribution in [0.5, 0.6) is 11.5 Å². The lowest BCUT2D eigenvalue weighted by atomic mass is 9.84. The SMILES string of the molecule is COc1cc(C(=O)NC[C@@](O)(c2cc3c(c(-c4ccc(F)cc4)n2)NCC3(C)C)C(F)(F)F)ccc1OCCO. The molecule has 0 spiro atoms. The van der Waals surface area contributed by atoms with Gasteiger partial charge in [0.1, 0.15) is 12.4 Å². The minimum Gasteiger partial charge on any atom is -0.493 e. The van der Waals surface area contributed by atoms with Crippen molar-refractivity contribution in [1.82, 2.24) is 10.3 Å². The van der Waals surface area contributed by atoms with Gasteiger partial charge < -0.3 is 30.3 Å². The van der Waals surface area contributed by atoms with Crippen molar-refractivity contribution in [2.75, 3.05) is 38.7 Å². The lowest BCUT2D eigenvalue weighted by molar-refractivity contribution is -0.265. The van der Waals surface area contributed by atoms with Gasteiger partial charge in [0, 0.05) is 23.1 Å². The maximum atomic E-state index is 14.5. The molecule has 1 atom stereocenters. The van der Waals surface area contributed by atoms with E-state index in [1.165, 1.54) is 55.6 Å². The van der Waals surface area contributed by atoms with E-state index >= 15 is 0 Å². The molecular weight excluding hydrogens is 534 g/mol. The topological polar surface area (TPSA) is 113 Å². The van der Waals surface area contributed by atoms with E-state index in [9.17, 15) is 27.5 Å². The van der Waals surface area contributed by atoms with Crippen LogP contribution in [0.2, 0.25) is 0 Å². The first-order chi connectivity index (χ1) is 18.8. The summed E-state index contributed by atoms with van der Waals surface area (Å²) in [4.78, 5) is 17.1.